The fourth-order valence-electron chi connectivity index (χ4n) is 1.20. The zero-order chi connectivity index (χ0) is 9.36. The Morgan fingerprint density at radius 1 is 1.31 bits per heavy atom. The Morgan fingerprint density at radius 2 is 2.23 bits per heavy atom. The van der Waals surface area contributed by atoms with Crippen molar-refractivity contribution in [1.29, 1.82) is 0 Å². The molecule has 0 amide bonds. The summed E-state index contributed by atoms with van der Waals surface area (Å²) in [5.74, 6) is 0.912. The predicted octanol–water partition coefficient (Wildman–Crippen LogP) is 3.38. The van der Waals surface area contributed by atoms with Gasteiger partial charge in [-0.2, -0.15) is 0 Å². The average molecular weight is 182 g/mol. The molecular formula is C11H18O2. The topological polar surface area (TPSA) is 22.4 Å². The lowest BCUT2D eigenvalue weighted by atomic mass is 10.2. The highest BCUT2D eigenvalue weighted by atomic mass is 16.5. The van der Waals surface area contributed by atoms with E-state index in [1.165, 1.54) is 19.3 Å². The SMILES string of the molecule is CCCCCCOCc1ccco1. The quantitative estimate of drug-likeness (QED) is 0.603. The van der Waals surface area contributed by atoms with Crippen LogP contribution >= 0.6 is 0 Å². The Morgan fingerprint density at radius 3 is 2.92 bits per heavy atom. The Hall–Kier alpha value is -0.760. The molecule has 2 heteroatoms. The predicted molar refractivity (Wildman–Crippen MR) is 52.5 cm³/mol. The van der Waals surface area contributed by atoms with Crippen LogP contribution in [0.5, 0.6) is 0 Å². The van der Waals surface area contributed by atoms with Crippen LogP contribution in [0, 0.1) is 0 Å². The summed E-state index contributed by atoms with van der Waals surface area (Å²) in [5, 5.41) is 0. The summed E-state index contributed by atoms with van der Waals surface area (Å²) in [6.45, 7) is 3.67. The standard InChI is InChI=1S/C11H18O2/c1-2-3-4-5-8-12-10-11-7-6-9-13-11/h6-7,9H,2-5,8,10H2,1H3. The number of furan rings is 1. The minimum Gasteiger partial charge on any atom is -0.467 e. The smallest absolute Gasteiger partial charge is 0.129 e. The van der Waals surface area contributed by atoms with Crippen molar-refractivity contribution >= 4 is 0 Å². The molecule has 0 radical (unpaired) electrons. The van der Waals surface area contributed by atoms with Gasteiger partial charge in [-0.25, -0.2) is 0 Å². The van der Waals surface area contributed by atoms with Gasteiger partial charge in [-0.15, -0.1) is 0 Å². The van der Waals surface area contributed by atoms with Crippen LogP contribution in [0.1, 0.15) is 38.4 Å². The molecule has 2 nitrogen and oxygen atoms in total. The summed E-state index contributed by atoms with van der Waals surface area (Å²) < 4.78 is 10.6. The van der Waals surface area contributed by atoms with E-state index in [0.717, 1.165) is 18.8 Å². The first-order chi connectivity index (χ1) is 6.43. The highest BCUT2D eigenvalue weighted by Crippen LogP contribution is 2.03. The summed E-state index contributed by atoms with van der Waals surface area (Å²) in [4.78, 5) is 0. The van der Waals surface area contributed by atoms with Gasteiger partial charge in [-0.05, 0) is 18.6 Å². The highest BCUT2D eigenvalue weighted by Gasteiger charge is 1.94. The number of ether oxygens (including phenoxy) is 1. The molecule has 0 N–H and O–H groups in total. The van der Waals surface area contributed by atoms with E-state index < -0.39 is 0 Å². The number of hydrogen-bond donors (Lipinski definition) is 0. The largest absolute Gasteiger partial charge is 0.467 e. The fourth-order valence-corrected chi connectivity index (χ4v) is 1.20. The van der Waals surface area contributed by atoms with Crippen LogP contribution in [0.3, 0.4) is 0 Å². The van der Waals surface area contributed by atoms with E-state index in [1.807, 2.05) is 12.1 Å². The van der Waals surface area contributed by atoms with Crippen LogP contribution in [-0.2, 0) is 11.3 Å². The third-order valence-electron chi connectivity index (χ3n) is 1.97. The minimum absolute atomic E-state index is 0.610. The van der Waals surface area contributed by atoms with E-state index in [1.54, 1.807) is 6.26 Å². The maximum Gasteiger partial charge on any atom is 0.129 e. The average Bonchev–Trinajstić information content (AvgIpc) is 2.63. The Labute approximate surface area is 79.9 Å². The van der Waals surface area contributed by atoms with Crippen LogP contribution in [0.15, 0.2) is 22.8 Å². The zero-order valence-corrected chi connectivity index (χ0v) is 8.29. The molecule has 0 saturated heterocycles. The molecule has 0 fully saturated rings. The number of unbranched alkanes of at least 4 members (excludes halogenated alkanes) is 3. The molecule has 74 valence electrons. The molecule has 1 heterocycles. The summed E-state index contributed by atoms with van der Waals surface area (Å²) in [7, 11) is 0. The van der Waals surface area contributed by atoms with Crippen molar-refractivity contribution in [3.63, 3.8) is 0 Å². The third-order valence-corrected chi connectivity index (χ3v) is 1.97. The second-order valence-corrected chi connectivity index (χ2v) is 3.19. The fraction of sp³-hybridized carbons (Fsp3) is 0.636. The van der Waals surface area contributed by atoms with Crippen molar-refractivity contribution in [2.45, 2.75) is 39.2 Å². The number of rotatable bonds is 7. The van der Waals surface area contributed by atoms with E-state index in [9.17, 15) is 0 Å². The lowest BCUT2D eigenvalue weighted by Gasteiger charge is -2.00. The normalized spacial score (nSPS) is 10.5. The van der Waals surface area contributed by atoms with Gasteiger partial charge in [0.05, 0.1) is 6.26 Å². The summed E-state index contributed by atoms with van der Waals surface area (Å²) >= 11 is 0. The van der Waals surface area contributed by atoms with Gasteiger partial charge in [0.25, 0.3) is 0 Å². The molecule has 1 aromatic heterocycles. The van der Waals surface area contributed by atoms with Gasteiger partial charge >= 0.3 is 0 Å². The lowest BCUT2D eigenvalue weighted by molar-refractivity contribution is 0.102. The molecule has 13 heavy (non-hydrogen) atoms. The van der Waals surface area contributed by atoms with Crippen molar-refractivity contribution in [3.8, 4) is 0 Å². The van der Waals surface area contributed by atoms with Crippen molar-refractivity contribution in [1.82, 2.24) is 0 Å². The highest BCUT2D eigenvalue weighted by molar-refractivity contribution is 4.95. The maximum absolute atomic E-state index is 5.43. The van der Waals surface area contributed by atoms with Gasteiger partial charge in [0.2, 0.25) is 0 Å². The van der Waals surface area contributed by atoms with Crippen molar-refractivity contribution < 1.29 is 9.15 Å². The van der Waals surface area contributed by atoms with Gasteiger partial charge in [0.15, 0.2) is 0 Å². The molecule has 0 aliphatic rings. The molecule has 0 atom stereocenters. The third kappa shape index (κ3) is 4.73. The van der Waals surface area contributed by atoms with Crippen LogP contribution in [0.25, 0.3) is 0 Å². The molecule has 0 bridgehead atoms. The molecule has 0 aliphatic heterocycles. The molecule has 0 aliphatic carbocycles. The van der Waals surface area contributed by atoms with Crippen molar-refractivity contribution in [2.75, 3.05) is 6.61 Å². The molecule has 0 aromatic carbocycles. The second kappa shape index (κ2) is 6.72. The second-order valence-electron chi connectivity index (χ2n) is 3.19. The zero-order valence-electron chi connectivity index (χ0n) is 8.29. The van der Waals surface area contributed by atoms with E-state index >= 15 is 0 Å². The summed E-state index contributed by atoms with van der Waals surface area (Å²) in [6, 6.07) is 3.82. The first-order valence-corrected chi connectivity index (χ1v) is 5.03. The van der Waals surface area contributed by atoms with Gasteiger partial charge in [-0.1, -0.05) is 26.2 Å². The molecule has 0 saturated carbocycles. The van der Waals surface area contributed by atoms with Crippen LogP contribution in [0.4, 0.5) is 0 Å². The molecule has 1 rings (SSSR count). The lowest BCUT2D eigenvalue weighted by Crippen LogP contribution is -1.94. The Kier molecular flexibility index (Phi) is 5.34. The van der Waals surface area contributed by atoms with E-state index in [4.69, 9.17) is 9.15 Å². The summed E-state index contributed by atoms with van der Waals surface area (Å²) in [6.07, 6.45) is 6.70. The number of hydrogen-bond acceptors (Lipinski definition) is 2. The van der Waals surface area contributed by atoms with E-state index in [0.29, 0.717) is 6.61 Å². The Bertz CT molecular complexity index is 192. The van der Waals surface area contributed by atoms with Crippen LogP contribution in [-0.4, -0.2) is 6.61 Å². The molecule has 0 spiro atoms. The molecular weight excluding hydrogens is 164 g/mol. The first kappa shape index (κ1) is 10.3. The van der Waals surface area contributed by atoms with E-state index in [2.05, 4.69) is 6.92 Å². The summed E-state index contributed by atoms with van der Waals surface area (Å²) in [5.41, 5.74) is 0. The minimum atomic E-state index is 0.610. The van der Waals surface area contributed by atoms with Gasteiger partial charge < -0.3 is 9.15 Å². The molecule has 1 aromatic rings. The van der Waals surface area contributed by atoms with Crippen LogP contribution < -0.4 is 0 Å². The monoisotopic (exact) mass is 182 g/mol. The van der Waals surface area contributed by atoms with Crippen molar-refractivity contribution in [3.05, 3.63) is 24.2 Å². The van der Waals surface area contributed by atoms with Crippen molar-refractivity contribution in [2.24, 2.45) is 0 Å². The first-order valence-electron chi connectivity index (χ1n) is 5.03. The van der Waals surface area contributed by atoms with Gasteiger partial charge in [0.1, 0.15) is 12.4 Å². The van der Waals surface area contributed by atoms with E-state index in [-0.39, 0.29) is 0 Å². The Balaban J connectivity index is 1.90. The van der Waals surface area contributed by atoms with Crippen LogP contribution in [0.2, 0.25) is 0 Å². The maximum atomic E-state index is 5.43. The van der Waals surface area contributed by atoms with Gasteiger partial charge in [-0.3, -0.25) is 0 Å². The molecule has 0 unspecified atom stereocenters. The van der Waals surface area contributed by atoms with Gasteiger partial charge in [0, 0.05) is 6.61 Å².